The highest BCUT2D eigenvalue weighted by Gasteiger charge is 2.22. The van der Waals surface area contributed by atoms with Crippen molar-refractivity contribution in [1.82, 2.24) is 0 Å². The first-order valence-electron chi connectivity index (χ1n) is 7.21. The summed E-state index contributed by atoms with van der Waals surface area (Å²) in [7, 11) is 0. The van der Waals surface area contributed by atoms with Gasteiger partial charge in [-0.25, -0.2) is 0 Å². The summed E-state index contributed by atoms with van der Waals surface area (Å²) in [5.74, 6) is 0.907. The lowest BCUT2D eigenvalue weighted by Gasteiger charge is -2.23. The molecule has 2 N–H and O–H groups in total. The minimum Gasteiger partial charge on any atom is -0.483 e. The number of aryl methyl sites for hydroxylation is 2. The van der Waals surface area contributed by atoms with Crippen LogP contribution in [0.15, 0.2) is 36.4 Å². The molecule has 108 valence electrons. The lowest BCUT2D eigenvalue weighted by molar-refractivity contribution is 0.174. The van der Waals surface area contributed by atoms with Crippen LogP contribution in [0.3, 0.4) is 0 Å². The van der Waals surface area contributed by atoms with Gasteiger partial charge in [-0.3, -0.25) is 0 Å². The Hall–Kier alpha value is -1.32. The van der Waals surface area contributed by atoms with Gasteiger partial charge in [-0.1, -0.05) is 26.0 Å². The Morgan fingerprint density at radius 3 is 2.60 bits per heavy atom. The third-order valence-corrected chi connectivity index (χ3v) is 4.53. The largest absolute Gasteiger partial charge is 0.483 e. The van der Waals surface area contributed by atoms with Gasteiger partial charge in [0, 0.05) is 15.8 Å². The SMILES string of the molecule is CCc1cccc(OC(c2ccc(C)s2)C(N)CC)c1. The first-order chi connectivity index (χ1) is 9.63. The van der Waals surface area contributed by atoms with E-state index in [4.69, 9.17) is 10.5 Å². The average molecular weight is 289 g/mol. The molecule has 1 aromatic carbocycles. The molecule has 2 nitrogen and oxygen atoms in total. The fourth-order valence-electron chi connectivity index (χ4n) is 2.16. The molecule has 20 heavy (non-hydrogen) atoms. The van der Waals surface area contributed by atoms with Crippen molar-refractivity contribution in [3.63, 3.8) is 0 Å². The van der Waals surface area contributed by atoms with E-state index in [2.05, 4.69) is 45.0 Å². The minimum absolute atomic E-state index is 0.0123. The van der Waals surface area contributed by atoms with Gasteiger partial charge in [-0.05, 0) is 49.6 Å². The lowest BCUT2D eigenvalue weighted by Crippen LogP contribution is -2.30. The molecule has 2 unspecified atom stereocenters. The van der Waals surface area contributed by atoms with Crippen LogP contribution in [-0.2, 0) is 6.42 Å². The van der Waals surface area contributed by atoms with Crippen molar-refractivity contribution < 1.29 is 4.74 Å². The molecule has 0 saturated carbocycles. The van der Waals surface area contributed by atoms with Gasteiger partial charge < -0.3 is 10.5 Å². The van der Waals surface area contributed by atoms with Crippen LogP contribution in [0.4, 0.5) is 0 Å². The number of nitrogens with two attached hydrogens (primary N) is 1. The monoisotopic (exact) mass is 289 g/mol. The maximum absolute atomic E-state index is 6.26. The van der Waals surface area contributed by atoms with E-state index in [1.165, 1.54) is 15.3 Å². The Morgan fingerprint density at radius 2 is 2.00 bits per heavy atom. The first kappa shape index (κ1) is 15.1. The van der Waals surface area contributed by atoms with Gasteiger partial charge in [0.15, 0.2) is 0 Å². The average Bonchev–Trinajstić information content (AvgIpc) is 2.90. The predicted octanol–water partition coefficient (Wildman–Crippen LogP) is 4.48. The summed E-state index contributed by atoms with van der Waals surface area (Å²) >= 11 is 1.76. The van der Waals surface area contributed by atoms with Crippen LogP contribution in [0.1, 0.15) is 41.7 Å². The second kappa shape index (κ2) is 6.91. The molecule has 0 saturated heterocycles. The van der Waals surface area contributed by atoms with Crippen LogP contribution in [0.5, 0.6) is 5.75 Å². The summed E-state index contributed by atoms with van der Waals surface area (Å²) < 4.78 is 6.19. The smallest absolute Gasteiger partial charge is 0.148 e. The van der Waals surface area contributed by atoms with Crippen molar-refractivity contribution in [2.75, 3.05) is 0 Å². The maximum atomic E-state index is 6.26. The van der Waals surface area contributed by atoms with Gasteiger partial charge >= 0.3 is 0 Å². The molecule has 2 aromatic rings. The summed E-state index contributed by atoms with van der Waals surface area (Å²) in [5, 5.41) is 0. The summed E-state index contributed by atoms with van der Waals surface area (Å²) in [5.41, 5.74) is 7.54. The summed E-state index contributed by atoms with van der Waals surface area (Å²) in [6, 6.07) is 12.5. The van der Waals surface area contributed by atoms with E-state index in [0.717, 1.165) is 18.6 Å². The number of hydrogen-bond donors (Lipinski definition) is 1. The third kappa shape index (κ3) is 3.62. The number of thiophene rings is 1. The van der Waals surface area contributed by atoms with Crippen molar-refractivity contribution in [2.45, 2.75) is 45.8 Å². The van der Waals surface area contributed by atoms with E-state index >= 15 is 0 Å². The summed E-state index contributed by atoms with van der Waals surface area (Å²) in [6.07, 6.45) is 1.85. The van der Waals surface area contributed by atoms with Crippen LogP contribution in [0.25, 0.3) is 0 Å². The van der Waals surface area contributed by atoms with Crippen LogP contribution in [0, 0.1) is 6.92 Å². The van der Waals surface area contributed by atoms with Gasteiger partial charge in [-0.2, -0.15) is 0 Å². The van der Waals surface area contributed by atoms with Crippen molar-refractivity contribution in [3.8, 4) is 5.75 Å². The summed E-state index contributed by atoms with van der Waals surface area (Å²) in [6.45, 7) is 6.36. The molecule has 2 atom stereocenters. The highest BCUT2D eigenvalue weighted by atomic mass is 32.1. The Morgan fingerprint density at radius 1 is 1.20 bits per heavy atom. The van der Waals surface area contributed by atoms with Gasteiger partial charge in [-0.15, -0.1) is 11.3 Å². The number of rotatable bonds is 6. The fourth-order valence-corrected chi connectivity index (χ4v) is 3.15. The fraction of sp³-hybridized carbons (Fsp3) is 0.412. The standard InChI is InChI=1S/C17H23NOS/c1-4-13-7-6-8-14(11-13)19-17(15(18)5-2)16-10-9-12(3)20-16/h6-11,15,17H,4-5,18H2,1-3H3. The Bertz CT molecular complexity index is 549. The van der Waals surface area contributed by atoms with Crippen LogP contribution in [0.2, 0.25) is 0 Å². The predicted molar refractivity (Wildman–Crippen MR) is 86.5 cm³/mol. The molecule has 0 aliphatic rings. The highest BCUT2D eigenvalue weighted by molar-refractivity contribution is 7.12. The van der Waals surface area contributed by atoms with Crippen molar-refractivity contribution in [3.05, 3.63) is 51.7 Å². The van der Waals surface area contributed by atoms with Crippen molar-refractivity contribution >= 4 is 11.3 Å². The van der Waals surface area contributed by atoms with E-state index in [0.29, 0.717) is 0 Å². The van der Waals surface area contributed by atoms with Crippen molar-refractivity contribution in [1.29, 1.82) is 0 Å². The van der Waals surface area contributed by atoms with E-state index in [-0.39, 0.29) is 12.1 Å². The van der Waals surface area contributed by atoms with Gasteiger partial charge in [0.1, 0.15) is 11.9 Å². The van der Waals surface area contributed by atoms with Crippen LogP contribution in [-0.4, -0.2) is 6.04 Å². The molecule has 0 fully saturated rings. The zero-order valence-electron chi connectivity index (χ0n) is 12.4. The molecule has 0 amide bonds. The lowest BCUT2D eigenvalue weighted by atomic mass is 10.1. The molecule has 1 heterocycles. The van der Waals surface area contributed by atoms with E-state index < -0.39 is 0 Å². The van der Waals surface area contributed by atoms with E-state index in [1.54, 1.807) is 11.3 Å². The zero-order valence-corrected chi connectivity index (χ0v) is 13.2. The molecule has 3 heteroatoms. The molecule has 1 aromatic heterocycles. The quantitative estimate of drug-likeness (QED) is 0.851. The Labute approximate surface area is 125 Å². The van der Waals surface area contributed by atoms with Crippen LogP contribution >= 0.6 is 11.3 Å². The van der Waals surface area contributed by atoms with Gasteiger partial charge in [0.2, 0.25) is 0 Å². The van der Waals surface area contributed by atoms with E-state index in [9.17, 15) is 0 Å². The second-order valence-electron chi connectivity index (χ2n) is 5.06. The second-order valence-corrected chi connectivity index (χ2v) is 6.38. The highest BCUT2D eigenvalue weighted by Crippen LogP contribution is 2.30. The van der Waals surface area contributed by atoms with Gasteiger partial charge in [0.25, 0.3) is 0 Å². The molecule has 0 spiro atoms. The Balaban J connectivity index is 2.23. The molecule has 0 aliphatic carbocycles. The Kier molecular flexibility index (Phi) is 5.21. The van der Waals surface area contributed by atoms with E-state index in [1.807, 2.05) is 12.1 Å². The number of hydrogen-bond acceptors (Lipinski definition) is 3. The first-order valence-corrected chi connectivity index (χ1v) is 8.03. The zero-order chi connectivity index (χ0) is 14.5. The minimum atomic E-state index is -0.0641. The maximum Gasteiger partial charge on any atom is 0.148 e. The third-order valence-electron chi connectivity index (χ3n) is 3.47. The normalized spacial score (nSPS) is 14.0. The van der Waals surface area contributed by atoms with Crippen molar-refractivity contribution in [2.24, 2.45) is 5.73 Å². The number of benzene rings is 1. The number of ether oxygens (including phenoxy) is 1. The molecular weight excluding hydrogens is 266 g/mol. The summed E-state index contributed by atoms with van der Waals surface area (Å²) in [4.78, 5) is 2.50. The molecular formula is C17H23NOS. The molecule has 0 aliphatic heterocycles. The topological polar surface area (TPSA) is 35.2 Å². The van der Waals surface area contributed by atoms with Gasteiger partial charge in [0.05, 0.1) is 0 Å². The molecule has 0 bridgehead atoms. The van der Waals surface area contributed by atoms with Crippen LogP contribution < -0.4 is 10.5 Å². The molecule has 0 radical (unpaired) electrons. The molecule has 2 rings (SSSR count).